The molecule has 0 aliphatic carbocycles. The van der Waals surface area contributed by atoms with Crippen LogP contribution in [0.1, 0.15) is 31.2 Å². The number of nitrogens with two attached hydrogens (primary N) is 1. The van der Waals surface area contributed by atoms with Gasteiger partial charge in [0.05, 0.1) is 0 Å². The van der Waals surface area contributed by atoms with E-state index in [2.05, 4.69) is 54.9 Å². The Hall–Kier alpha value is -0.380. The Morgan fingerprint density at radius 1 is 1.31 bits per heavy atom. The summed E-state index contributed by atoms with van der Waals surface area (Å²) in [5, 5.41) is 1.34. The standard InChI is InChI=1S/C13H16BrNS/c1-13(2,3)12-9-6-8(14)4-5-10(9)16-11(12)7-15/h4-6H,7,15H2,1-3H3. The summed E-state index contributed by atoms with van der Waals surface area (Å²) in [5.74, 6) is 0. The highest BCUT2D eigenvalue weighted by molar-refractivity contribution is 9.10. The third-order valence-corrected chi connectivity index (χ3v) is 4.34. The molecule has 2 aromatic rings. The van der Waals surface area contributed by atoms with E-state index in [1.54, 1.807) is 0 Å². The Morgan fingerprint density at radius 2 is 2.00 bits per heavy atom. The van der Waals surface area contributed by atoms with Crippen molar-refractivity contribution in [2.24, 2.45) is 5.73 Å². The van der Waals surface area contributed by atoms with E-state index in [0.717, 1.165) is 4.47 Å². The summed E-state index contributed by atoms with van der Waals surface area (Å²) < 4.78 is 2.46. The van der Waals surface area contributed by atoms with Gasteiger partial charge in [0.1, 0.15) is 0 Å². The number of rotatable bonds is 1. The van der Waals surface area contributed by atoms with Crippen LogP contribution in [0, 0.1) is 0 Å². The molecule has 2 rings (SSSR count). The highest BCUT2D eigenvalue weighted by Crippen LogP contribution is 2.39. The Morgan fingerprint density at radius 3 is 2.56 bits per heavy atom. The Labute approximate surface area is 109 Å². The summed E-state index contributed by atoms with van der Waals surface area (Å²) in [5.41, 5.74) is 7.39. The number of halogens is 1. The molecular weight excluding hydrogens is 282 g/mol. The van der Waals surface area contributed by atoms with Crippen molar-refractivity contribution >= 4 is 37.4 Å². The van der Waals surface area contributed by atoms with Crippen molar-refractivity contribution in [3.8, 4) is 0 Å². The van der Waals surface area contributed by atoms with Gasteiger partial charge in [-0.25, -0.2) is 0 Å². The molecule has 0 atom stereocenters. The molecule has 0 aliphatic heterocycles. The second-order valence-corrected chi connectivity index (χ2v) is 7.05. The van der Waals surface area contributed by atoms with Gasteiger partial charge in [0, 0.05) is 20.6 Å². The van der Waals surface area contributed by atoms with E-state index in [1.807, 2.05) is 11.3 Å². The molecule has 0 fully saturated rings. The molecule has 0 spiro atoms. The first kappa shape index (κ1) is 12.1. The number of hydrogen-bond donors (Lipinski definition) is 1. The second-order valence-electron chi connectivity index (χ2n) is 4.99. The smallest absolute Gasteiger partial charge is 0.0350 e. The van der Waals surface area contributed by atoms with Gasteiger partial charge in [0.25, 0.3) is 0 Å². The van der Waals surface area contributed by atoms with Crippen LogP contribution in [0.5, 0.6) is 0 Å². The fourth-order valence-corrected chi connectivity index (χ4v) is 3.72. The van der Waals surface area contributed by atoms with E-state index in [4.69, 9.17) is 5.73 Å². The molecule has 1 heterocycles. The molecule has 0 radical (unpaired) electrons. The van der Waals surface area contributed by atoms with Crippen molar-refractivity contribution in [1.82, 2.24) is 0 Å². The van der Waals surface area contributed by atoms with E-state index in [9.17, 15) is 0 Å². The van der Waals surface area contributed by atoms with Crippen LogP contribution in [0.2, 0.25) is 0 Å². The van der Waals surface area contributed by atoms with Crippen molar-refractivity contribution in [2.45, 2.75) is 32.7 Å². The molecule has 0 bridgehead atoms. The first-order valence-corrected chi connectivity index (χ1v) is 6.96. The SMILES string of the molecule is CC(C)(C)c1c(CN)sc2ccc(Br)cc12. The van der Waals surface area contributed by atoms with Crippen LogP contribution in [0.25, 0.3) is 10.1 Å². The largest absolute Gasteiger partial charge is 0.326 e. The zero-order valence-electron chi connectivity index (χ0n) is 9.80. The lowest BCUT2D eigenvalue weighted by Crippen LogP contribution is -2.14. The molecule has 0 saturated carbocycles. The molecule has 2 N–H and O–H groups in total. The number of fused-ring (bicyclic) bond motifs is 1. The maximum atomic E-state index is 5.85. The van der Waals surface area contributed by atoms with Gasteiger partial charge in [0.15, 0.2) is 0 Å². The van der Waals surface area contributed by atoms with Crippen LogP contribution in [-0.4, -0.2) is 0 Å². The van der Waals surface area contributed by atoms with Crippen LogP contribution < -0.4 is 5.73 Å². The van der Waals surface area contributed by atoms with Crippen molar-refractivity contribution in [3.05, 3.63) is 33.1 Å². The molecule has 3 heteroatoms. The summed E-state index contributed by atoms with van der Waals surface area (Å²) in [6.07, 6.45) is 0. The third-order valence-electron chi connectivity index (χ3n) is 2.66. The molecular formula is C13H16BrNS. The number of hydrogen-bond acceptors (Lipinski definition) is 2. The van der Waals surface area contributed by atoms with Gasteiger partial charge in [-0.15, -0.1) is 11.3 Å². The Bertz CT molecular complexity index is 522. The van der Waals surface area contributed by atoms with E-state index >= 15 is 0 Å². The molecule has 1 aromatic carbocycles. The Kier molecular flexibility index (Phi) is 3.12. The molecule has 1 nitrogen and oxygen atoms in total. The number of thiophene rings is 1. The molecule has 0 unspecified atom stereocenters. The van der Waals surface area contributed by atoms with Gasteiger partial charge in [0.2, 0.25) is 0 Å². The van der Waals surface area contributed by atoms with E-state index in [1.165, 1.54) is 20.5 Å². The quantitative estimate of drug-likeness (QED) is 0.828. The molecule has 0 amide bonds. The van der Waals surface area contributed by atoms with Crippen molar-refractivity contribution in [3.63, 3.8) is 0 Å². The third kappa shape index (κ3) is 2.04. The lowest BCUT2D eigenvalue weighted by Gasteiger charge is -2.20. The zero-order valence-corrected chi connectivity index (χ0v) is 12.2. The van der Waals surface area contributed by atoms with Crippen molar-refractivity contribution < 1.29 is 0 Å². The summed E-state index contributed by atoms with van der Waals surface area (Å²) in [4.78, 5) is 1.31. The van der Waals surface area contributed by atoms with Crippen molar-refractivity contribution in [2.75, 3.05) is 0 Å². The van der Waals surface area contributed by atoms with Crippen LogP contribution >= 0.6 is 27.3 Å². The number of benzene rings is 1. The fourth-order valence-electron chi connectivity index (χ4n) is 2.09. The molecule has 0 saturated heterocycles. The average Bonchev–Trinajstić information content (AvgIpc) is 2.54. The van der Waals surface area contributed by atoms with Gasteiger partial charge in [-0.2, -0.15) is 0 Å². The zero-order chi connectivity index (χ0) is 11.9. The van der Waals surface area contributed by atoms with E-state index in [0.29, 0.717) is 6.54 Å². The topological polar surface area (TPSA) is 26.0 Å². The molecule has 1 aromatic heterocycles. The monoisotopic (exact) mass is 297 g/mol. The van der Waals surface area contributed by atoms with Gasteiger partial charge >= 0.3 is 0 Å². The van der Waals surface area contributed by atoms with Gasteiger partial charge in [-0.1, -0.05) is 36.7 Å². The van der Waals surface area contributed by atoms with Crippen LogP contribution in [0.4, 0.5) is 0 Å². The van der Waals surface area contributed by atoms with Gasteiger partial charge in [-0.3, -0.25) is 0 Å². The molecule has 16 heavy (non-hydrogen) atoms. The van der Waals surface area contributed by atoms with Crippen LogP contribution in [-0.2, 0) is 12.0 Å². The minimum absolute atomic E-state index is 0.147. The lowest BCUT2D eigenvalue weighted by atomic mass is 9.85. The summed E-state index contributed by atoms with van der Waals surface area (Å²) in [7, 11) is 0. The second kappa shape index (κ2) is 4.13. The van der Waals surface area contributed by atoms with Gasteiger partial charge in [-0.05, 0) is 34.6 Å². The summed E-state index contributed by atoms with van der Waals surface area (Å²) in [6, 6.07) is 6.45. The predicted molar refractivity (Wildman–Crippen MR) is 76.1 cm³/mol. The Balaban J connectivity index is 2.81. The maximum Gasteiger partial charge on any atom is 0.0350 e. The van der Waals surface area contributed by atoms with E-state index in [-0.39, 0.29) is 5.41 Å². The fraction of sp³-hybridized carbons (Fsp3) is 0.385. The summed E-state index contributed by atoms with van der Waals surface area (Å²) in [6.45, 7) is 7.36. The lowest BCUT2D eigenvalue weighted by molar-refractivity contribution is 0.591. The summed E-state index contributed by atoms with van der Waals surface area (Å²) >= 11 is 5.35. The molecule has 86 valence electrons. The minimum Gasteiger partial charge on any atom is -0.326 e. The van der Waals surface area contributed by atoms with E-state index < -0.39 is 0 Å². The van der Waals surface area contributed by atoms with Gasteiger partial charge < -0.3 is 5.73 Å². The highest BCUT2D eigenvalue weighted by Gasteiger charge is 2.22. The normalized spacial score (nSPS) is 12.3. The first-order valence-electron chi connectivity index (χ1n) is 5.35. The molecule has 0 aliphatic rings. The maximum absolute atomic E-state index is 5.85. The first-order chi connectivity index (χ1) is 7.43. The van der Waals surface area contributed by atoms with Crippen LogP contribution in [0.3, 0.4) is 0 Å². The average molecular weight is 298 g/mol. The predicted octanol–water partition coefficient (Wildman–Crippen LogP) is 4.42. The van der Waals surface area contributed by atoms with Crippen LogP contribution in [0.15, 0.2) is 22.7 Å². The highest BCUT2D eigenvalue weighted by atomic mass is 79.9. The van der Waals surface area contributed by atoms with Crippen molar-refractivity contribution in [1.29, 1.82) is 0 Å². The minimum atomic E-state index is 0.147.